The van der Waals surface area contributed by atoms with Crippen molar-refractivity contribution in [1.29, 1.82) is 0 Å². The molecule has 1 aromatic carbocycles. The highest BCUT2D eigenvalue weighted by atomic mass is 16.5. The van der Waals surface area contributed by atoms with Crippen molar-refractivity contribution in [2.75, 3.05) is 34.4 Å². The number of esters is 2. The van der Waals surface area contributed by atoms with Crippen LogP contribution in [0.2, 0.25) is 0 Å². The molecular formula is C28H42NO4+. The van der Waals surface area contributed by atoms with Crippen LogP contribution in [0, 0.1) is 17.8 Å². The quantitative estimate of drug-likeness (QED) is 0.151. The molecule has 2 aliphatic carbocycles. The topological polar surface area (TPSA) is 52.6 Å². The van der Waals surface area contributed by atoms with Gasteiger partial charge in [-0.15, -0.1) is 0 Å². The fourth-order valence-electron chi connectivity index (χ4n) is 4.89. The third-order valence-electron chi connectivity index (χ3n) is 6.98. The SMILES string of the molecule is C[N+](C)(C)c1ccc(C(=O)OCCCCCCCCCCOC(=O)[C@H]2C[C@@H]3C=C[C@H]2C3)cc1. The van der Waals surface area contributed by atoms with Crippen LogP contribution in [0.25, 0.3) is 0 Å². The van der Waals surface area contributed by atoms with E-state index < -0.39 is 0 Å². The number of ether oxygens (including phenoxy) is 2. The van der Waals surface area contributed by atoms with Crippen LogP contribution >= 0.6 is 0 Å². The third-order valence-corrected chi connectivity index (χ3v) is 6.98. The normalized spacial score (nSPS) is 21.4. The number of hydrogen-bond donors (Lipinski definition) is 0. The van der Waals surface area contributed by atoms with Crippen molar-refractivity contribution in [3.8, 4) is 0 Å². The molecule has 0 aromatic heterocycles. The number of fused-ring (bicyclic) bond motifs is 2. The Morgan fingerprint density at radius 3 is 1.88 bits per heavy atom. The fourth-order valence-corrected chi connectivity index (χ4v) is 4.89. The number of carbonyl (C=O) groups is 2. The summed E-state index contributed by atoms with van der Waals surface area (Å²) in [5, 5.41) is 0. The predicted octanol–water partition coefficient (Wildman–Crippen LogP) is 5.92. The van der Waals surface area contributed by atoms with E-state index in [1.165, 1.54) is 25.7 Å². The third kappa shape index (κ3) is 7.99. The molecule has 0 heterocycles. The fraction of sp³-hybridized carbons (Fsp3) is 0.643. The zero-order chi connectivity index (χ0) is 23.7. The van der Waals surface area contributed by atoms with Gasteiger partial charge in [0.1, 0.15) is 5.69 Å². The van der Waals surface area contributed by atoms with Gasteiger partial charge in [-0.25, -0.2) is 4.79 Å². The molecule has 0 aliphatic heterocycles. The summed E-state index contributed by atoms with van der Waals surface area (Å²) in [4.78, 5) is 24.3. The highest BCUT2D eigenvalue weighted by Crippen LogP contribution is 2.43. The van der Waals surface area contributed by atoms with Crippen molar-refractivity contribution in [2.45, 2.75) is 64.2 Å². The van der Waals surface area contributed by atoms with Crippen LogP contribution in [0.1, 0.15) is 74.6 Å². The number of quaternary nitrogens is 1. The molecule has 1 saturated carbocycles. The van der Waals surface area contributed by atoms with Gasteiger partial charge in [-0.05, 0) is 61.8 Å². The number of unbranched alkanes of at least 4 members (excludes halogenated alkanes) is 7. The van der Waals surface area contributed by atoms with Crippen LogP contribution in [0.3, 0.4) is 0 Å². The zero-order valence-electron chi connectivity index (χ0n) is 20.8. The summed E-state index contributed by atoms with van der Waals surface area (Å²) in [6, 6.07) is 7.66. The van der Waals surface area contributed by atoms with E-state index in [0.717, 1.165) is 48.7 Å². The van der Waals surface area contributed by atoms with Gasteiger partial charge in [-0.2, -0.15) is 0 Å². The molecule has 2 aliphatic rings. The van der Waals surface area contributed by atoms with Crippen LogP contribution in [-0.2, 0) is 14.3 Å². The van der Waals surface area contributed by atoms with Crippen LogP contribution < -0.4 is 4.48 Å². The summed E-state index contributed by atoms with van der Waals surface area (Å²) in [6.07, 6.45) is 15.5. The maximum atomic E-state index is 12.2. The molecule has 33 heavy (non-hydrogen) atoms. The van der Waals surface area contributed by atoms with Gasteiger partial charge in [0.2, 0.25) is 0 Å². The van der Waals surface area contributed by atoms with Crippen molar-refractivity contribution in [2.24, 2.45) is 17.8 Å². The number of hydrogen-bond acceptors (Lipinski definition) is 4. The lowest BCUT2D eigenvalue weighted by Crippen LogP contribution is -2.34. The summed E-state index contributed by atoms with van der Waals surface area (Å²) in [5.41, 5.74) is 1.77. The molecule has 0 unspecified atom stereocenters. The van der Waals surface area contributed by atoms with E-state index in [1.54, 1.807) is 0 Å². The summed E-state index contributed by atoms with van der Waals surface area (Å²) < 4.78 is 11.6. The molecule has 0 spiro atoms. The Hall–Kier alpha value is -2.14. The highest BCUT2D eigenvalue weighted by molar-refractivity contribution is 5.89. The Morgan fingerprint density at radius 1 is 0.788 bits per heavy atom. The number of rotatable bonds is 14. The number of nitrogens with zero attached hydrogens (tertiary/aromatic N) is 1. The van der Waals surface area contributed by atoms with Crippen molar-refractivity contribution in [3.05, 3.63) is 42.0 Å². The second kappa shape index (κ2) is 12.4. The molecule has 3 atom stereocenters. The first kappa shape index (κ1) is 25.5. The minimum atomic E-state index is -0.236. The Kier molecular flexibility index (Phi) is 9.54. The van der Waals surface area contributed by atoms with E-state index in [9.17, 15) is 9.59 Å². The van der Waals surface area contributed by atoms with E-state index in [-0.39, 0.29) is 17.9 Å². The van der Waals surface area contributed by atoms with Gasteiger partial charge in [-0.3, -0.25) is 9.28 Å². The lowest BCUT2D eigenvalue weighted by molar-refractivity contribution is -0.149. The summed E-state index contributed by atoms with van der Waals surface area (Å²) in [5.74, 6) is 0.956. The molecule has 0 radical (unpaired) electrons. The Morgan fingerprint density at radius 2 is 1.36 bits per heavy atom. The van der Waals surface area contributed by atoms with Crippen LogP contribution in [0.15, 0.2) is 36.4 Å². The minimum absolute atomic E-state index is 0.0220. The average Bonchev–Trinajstić information content (AvgIpc) is 3.43. The largest absolute Gasteiger partial charge is 0.465 e. The molecule has 5 nitrogen and oxygen atoms in total. The molecule has 2 bridgehead atoms. The van der Waals surface area contributed by atoms with Crippen LogP contribution in [0.4, 0.5) is 5.69 Å². The maximum absolute atomic E-state index is 12.2. The molecule has 1 fully saturated rings. The Labute approximate surface area is 199 Å². The Balaban J connectivity index is 1.12. The first-order valence-electron chi connectivity index (χ1n) is 12.8. The van der Waals surface area contributed by atoms with Crippen LogP contribution in [0.5, 0.6) is 0 Å². The van der Waals surface area contributed by atoms with Gasteiger partial charge in [0, 0.05) is 0 Å². The standard InChI is InChI=1S/C28H42NO4/c1-29(2,3)25-16-14-23(15-17-25)27(30)32-18-10-8-6-4-5-7-9-11-19-33-28(31)26-21-22-12-13-24(26)20-22/h12-17,22,24,26H,4-11,18-21H2,1-3H3/q+1/t22-,24+,26+/m1/s1. The van der Waals surface area contributed by atoms with Gasteiger partial charge >= 0.3 is 11.9 Å². The zero-order valence-corrected chi connectivity index (χ0v) is 20.8. The molecular weight excluding hydrogens is 414 g/mol. The molecule has 5 heteroatoms. The van der Waals surface area contributed by atoms with E-state index in [2.05, 4.69) is 33.3 Å². The molecule has 3 rings (SSSR count). The lowest BCUT2D eigenvalue weighted by Gasteiger charge is -2.23. The second-order valence-corrected chi connectivity index (χ2v) is 10.6. The molecule has 0 saturated heterocycles. The monoisotopic (exact) mass is 456 g/mol. The lowest BCUT2D eigenvalue weighted by atomic mass is 9.94. The minimum Gasteiger partial charge on any atom is -0.465 e. The number of allylic oxidation sites excluding steroid dienone is 2. The number of benzene rings is 1. The first-order valence-corrected chi connectivity index (χ1v) is 12.8. The van der Waals surface area contributed by atoms with Gasteiger partial charge in [0.25, 0.3) is 0 Å². The molecule has 0 N–H and O–H groups in total. The van der Waals surface area contributed by atoms with Crippen LogP contribution in [-0.4, -0.2) is 46.3 Å². The van der Waals surface area contributed by atoms with E-state index in [4.69, 9.17) is 9.47 Å². The smallest absolute Gasteiger partial charge is 0.338 e. The highest BCUT2D eigenvalue weighted by Gasteiger charge is 2.40. The molecule has 182 valence electrons. The van der Waals surface area contributed by atoms with Gasteiger partial charge in [0.05, 0.1) is 45.8 Å². The maximum Gasteiger partial charge on any atom is 0.338 e. The average molecular weight is 457 g/mol. The predicted molar refractivity (Wildman–Crippen MR) is 133 cm³/mol. The van der Waals surface area contributed by atoms with Gasteiger partial charge < -0.3 is 9.47 Å². The van der Waals surface area contributed by atoms with Crippen molar-refractivity contribution in [1.82, 2.24) is 4.48 Å². The van der Waals surface area contributed by atoms with E-state index in [1.807, 2.05) is 24.3 Å². The van der Waals surface area contributed by atoms with Crippen molar-refractivity contribution in [3.63, 3.8) is 0 Å². The van der Waals surface area contributed by atoms with E-state index >= 15 is 0 Å². The summed E-state index contributed by atoms with van der Waals surface area (Å²) >= 11 is 0. The summed E-state index contributed by atoms with van der Waals surface area (Å²) in [7, 11) is 6.30. The van der Waals surface area contributed by atoms with Crippen molar-refractivity contribution < 1.29 is 19.1 Å². The van der Waals surface area contributed by atoms with Gasteiger partial charge in [0.15, 0.2) is 0 Å². The second-order valence-electron chi connectivity index (χ2n) is 10.6. The summed E-state index contributed by atoms with van der Waals surface area (Å²) in [6.45, 7) is 1.06. The molecule has 1 aromatic rings. The van der Waals surface area contributed by atoms with Gasteiger partial charge in [-0.1, -0.05) is 50.7 Å². The van der Waals surface area contributed by atoms with E-state index in [0.29, 0.717) is 30.6 Å². The van der Waals surface area contributed by atoms with Crippen molar-refractivity contribution >= 4 is 17.6 Å². The number of carbonyl (C=O) groups excluding carboxylic acids is 2. The molecule has 0 amide bonds. The first-order chi connectivity index (χ1) is 15.8. The Bertz CT molecular complexity index is 793.